The molecule has 3 heteroatoms. The first-order chi connectivity index (χ1) is 32.8. The maximum absolute atomic E-state index is 2.80. The van der Waals surface area contributed by atoms with Gasteiger partial charge in [0.05, 0.1) is 27.9 Å². The van der Waals surface area contributed by atoms with E-state index in [1.165, 1.54) is 93.7 Å². The van der Waals surface area contributed by atoms with Crippen molar-refractivity contribution < 1.29 is 0 Å². The second-order valence-corrected chi connectivity index (χ2v) is 24.5. The first kappa shape index (κ1) is 45.1. The molecule has 0 fully saturated rings. The van der Waals surface area contributed by atoms with E-state index < -0.39 is 0 Å². The quantitative estimate of drug-likeness (QED) is 0.154. The molecule has 3 nitrogen and oxygen atoms in total. The molecule has 1 unspecified atom stereocenters. The van der Waals surface area contributed by atoms with E-state index in [0.717, 1.165) is 43.5 Å². The normalized spacial score (nSPS) is 16.0. The molecule has 0 spiro atoms. The standard InChI is InChI=1S/C66H71N3/c1-63(2,3)44-24-32-48(33-25-44)67(49-34-26-45(27-35-49)64(4,5)6)61-52-20-15-13-18-42(52)40-56-58(61)54-22-17-23-55-59-57(69(56)60(54)55)41-43-19-14-16-21-53(43)62(59)68(50-36-28-46(29-37-50)65(7,8)9)51-38-30-47(31-39-51)66(10,11)12/h13-15,17-20,22-30,32-37,40-41,51H,16,21,31,38-39H2,1-12H3. The number of rotatable bonds is 6. The Kier molecular flexibility index (Phi) is 10.5. The van der Waals surface area contributed by atoms with E-state index in [9.17, 15) is 0 Å². The Morgan fingerprint density at radius 1 is 0.507 bits per heavy atom. The van der Waals surface area contributed by atoms with Gasteiger partial charge in [-0.25, -0.2) is 0 Å². The Morgan fingerprint density at radius 2 is 1.03 bits per heavy atom. The minimum Gasteiger partial charge on any atom is -0.337 e. The Bertz CT molecular complexity index is 3420. The maximum Gasteiger partial charge on any atom is 0.0640 e. The molecule has 350 valence electrons. The highest BCUT2D eigenvalue weighted by atomic mass is 15.2. The lowest BCUT2D eigenvalue weighted by molar-refractivity contribution is 0.442. The number of allylic oxidation sites excluding steroid dienone is 2. The summed E-state index contributed by atoms with van der Waals surface area (Å²) in [5, 5.41) is 7.76. The number of hydrogen-bond acceptors (Lipinski definition) is 2. The van der Waals surface area contributed by atoms with Crippen LogP contribution in [0.2, 0.25) is 0 Å². The van der Waals surface area contributed by atoms with E-state index >= 15 is 0 Å². The van der Waals surface area contributed by atoms with Crippen molar-refractivity contribution in [1.29, 1.82) is 0 Å². The van der Waals surface area contributed by atoms with Crippen LogP contribution in [0.4, 0.5) is 28.4 Å². The SMILES string of the molecule is CC(C)(C)C1=CCC(N(c2ccc(C(C)(C)C)cc2)c2c3c(cc4c2c2cccc5c6c(N(c7ccc(C(C)(C)C)cc7)c7ccc(C(C)(C)C)cc7)c7ccccc7cc6n4c25)C=CCC3)CC1. The molecule has 2 aromatic heterocycles. The lowest BCUT2D eigenvalue weighted by atomic mass is 9.78. The molecule has 2 heterocycles. The van der Waals surface area contributed by atoms with E-state index in [1.54, 1.807) is 5.57 Å². The molecule has 0 saturated carbocycles. The Labute approximate surface area is 411 Å². The van der Waals surface area contributed by atoms with Crippen molar-refractivity contribution in [3.63, 3.8) is 0 Å². The van der Waals surface area contributed by atoms with Gasteiger partial charge in [0.15, 0.2) is 0 Å². The first-order valence-corrected chi connectivity index (χ1v) is 25.7. The second kappa shape index (κ2) is 16.1. The maximum atomic E-state index is 2.80. The summed E-state index contributed by atoms with van der Waals surface area (Å²) in [6.07, 6.45) is 12.7. The van der Waals surface area contributed by atoms with Crippen molar-refractivity contribution in [2.45, 2.75) is 137 Å². The highest BCUT2D eigenvalue weighted by Crippen LogP contribution is 2.53. The summed E-state index contributed by atoms with van der Waals surface area (Å²) in [6.45, 7) is 27.9. The number of para-hydroxylation sites is 1. The second-order valence-electron chi connectivity index (χ2n) is 24.5. The zero-order valence-electron chi connectivity index (χ0n) is 43.3. The predicted octanol–water partition coefficient (Wildman–Crippen LogP) is 19.0. The van der Waals surface area contributed by atoms with Crippen LogP contribution in [0.5, 0.6) is 0 Å². The molecule has 0 amide bonds. The van der Waals surface area contributed by atoms with Crippen molar-refractivity contribution in [3.8, 4) is 0 Å². The van der Waals surface area contributed by atoms with Gasteiger partial charge in [-0.1, -0.05) is 186 Å². The van der Waals surface area contributed by atoms with E-state index in [0.29, 0.717) is 6.04 Å². The molecule has 9 aromatic rings. The van der Waals surface area contributed by atoms with Gasteiger partial charge in [-0.05, 0) is 135 Å². The molecule has 1 atom stereocenters. The first-order valence-electron chi connectivity index (χ1n) is 25.7. The Hall–Kier alpha value is -6.32. The zero-order chi connectivity index (χ0) is 48.4. The van der Waals surface area contributed by atoms with Crippen LogP contribution in [0.15, 0.2) is 145 Å². The zero-order valence-corrected chi connectivity index (χ0v) is 43.3. The summed E-state index contributed by atoms with van der Waals surface area (Å²) in [5.74, 6) is 0. The summed E-state index contributed by atoms with van der Waals surface area (Å²) in [4.78, 5) is 5.35. The van der Waals surface area contributed by atoms with E-state index in [1.807, 2.05) is 0 Å². The van der Waals surface area contributed by atoms with Crippen LogP contribution in [-0.2, 0) is 22.7 Å². The summed E-state index contributed by atoms with van der Waals surface area (Å²) in [5.41, 5.74) is 18.8. The van der Waals surface area contributed by atoms with Gasteiger partial charge >= 0.3 is 0 Å². The lowest BCUT2D eigenvalue weighted by Crippen LogP contribution is -2.34. The number of nitrogens with zero attached hydrogens (tertiary/aromatic N) is 3. The van der Waals surface area contributed by atoms with Gasteiger partial charge in [0.1, 0.15) is 0 Å². The molecule has 0 bridgehead atoms. The van der Waals surface area contributed by atoms with Crippen LogP contribution in [0.25, 0.3) is 54.9 Å². The fourth-order valence-corrected chi connectivity index (χ4v) is 11.8. The summed E-state index contributed by atoms with van der Waals surface area (Å²) >= 11 is 0. The average molecular weight is 906 g/mol. The van der Waals surface area contributed by atoms with Gasteiger partial charge in [-0.15, -0.1) is 0 Å². The topological polar surface area (TPSA) is 10.9 Å². The third-order valence-electron chi connectivity index (χ3n) is 15.7. The largest absolute Gasteiger partial charge is 0.337 e. The molecule has 2 aliphatic rings. The van der Waals surface area contributed by atoms with Gasteiger partial charge in [-0.2, -0.15) is 0 Å². The predicted molar refractivity (Wildman–Crippen MR) is 301 cm³/mol. The molecule has 7 aromatic carbocycles. The van der Waals surface area contributed by atoms with Crippen LogP contribution < -0.4 is 9.80 Å². The Morgan fingerprint density at radius 3 is 1.57 bits per heavy atom. The van der Waals surface area contributed by atoms with Crippen molar-refractivity contribution in [2.75, 3.05) is 9.80 Å². The molecule has 69 heavy (non-hydrogen) atoms. The summed E-state index contributed by atoms with van der Waals surface area (Å²) < 4.78 is 2.65. The molecule has 11 rings (SSSR count). The van der Waals surface area contributed by atoms with Crippen LogP contribution in [-0.4, -0.2) is 10.4 Å². The number of benzene rings is 7. The monoisotopic (exact) mass is 906 g/mol. The summed E-state index contributed by atoms with van der Waals surface area (Å²) in [7, 11) is 0. The van der Waals surface area contributed by atoms with E-state index in [4.69, 9.17) is 0 Å². The van der Waals surface area contributed by atoms with Crippen molar-refractivity contribution >= 4 is 83.4 Å². The fourth-order valence-electron chi connectivity index (χ4n) is 11.8. The minimum absolute atomic E-state index is 0.0421. The molecule has 0 N–H and O–H groups in total. The number of hydrogen-bond donors (Lipinski definition) is 0. The third kappa shape index (κ3) is 7.63. The molecule has 2 aliphatic carbocycles. The van der Waals surface area contributed by atoms with Crippen LogP contribution in [0, 0.1) is 5.41 Å². The molecular weight excluding hydrogens is 835 g/mol. The van der Waals surface area contributed by atoms with Crippen molar-refractivity contribution in [1.82, 2.24) is 4.40 Å². The average Bonchev–Trinajstić information content (AvgIpc) is 3.83. The summed E-state index contributed by atoms with van der Waals surface area (Å²) in [6, 6.07) is 49.9. The van der Waals surface area contributed by atoms with Gasteiger partial charge in [0.2, 0.25) is 0 Å². The Balaban J connectivity index is 1.23. The molecule has 0 aliphatic heterocycles. The smallest absolute Gasteiger partial charge is 0.0640 e. The molecule has 0 saturated heterocycles. The van der Waals surface area contributed by atoms with Crippen molar-refractivity contribution in [3.05, 3.63) is 173 Å². The van der Waals surface area contributed by atoms with Gasteiger partial charge in [0.25, 0.3) is 0 Å². The third-order valence-corrected chi connectivity index (χ3v) is 15.7. The number of fused-ring (bicyclic) bond motifs is 8. The van der Waals surface area contributed by atoms with Crippen LogP contribution >= 0.6 is 0 Å². The number of anilines is 5. The minimum atomic E-state index is 0.0421. The van der Waals surface area contributed by atoms with E-state index in [2.05, 4.69) is 243 Å². The fraction of sp³-hybridized carbons (Fsp3) is 0.333. The lowest BCUT2D eigenvalue weighted by Gasteiger charge is -2.40. The van der Waals surface area contributed by atoms with Crippen LogP contribution in [0.1, 0.15) is 137 Å². The van der Waals surface area contributed by atoms with Gasteiger partial charge in [-0.3, -0.25) is 0 Å². The highest BCUT2D eigenvalue weighted by Gasteiger charge is 2.34. The highest BCUT2D eigenvalue weighted by molar-refractivity contribution is 6.31. The number of aromatic nitrogens is 1. The molecular formula is C66H71N3. The van der Waals surface area contributed by atoms with E-state index in [-0.39, 0.29) is 21.7 Å². The van der Waals surface area contributed by atoms with Crippen LogP contribution in [0.3, 0.4) is 0 Å². The molecule has 0 radical (unpaired) electrons. The van der Waals surface area contributed by atoms with Gasteiger partial charge < -0.3 is 14.2 Å². The van der Waals surface area contributed by atoms with Crippen molar-refractivity contribution in [2.24, 2.45) is 5.41 Å². The van der Waals surface area contributed by atoms with Gasteiger partial charge in [0, 0.05) is 50.0 Å².